The molecule has 3 aliphatic rings. The standard InChI is InChI=1S/C22H26N2O5S/c1-14(2)30(28,29)17-9-7-15(8-10-17)11-20(25)23-12-16(13-23)24-21(26)18-5-3-4-6-19(18)22(24)27/h3-4,7-10,14,16,18-19H,5-6,11-13H2,1-2H3. The van der Waals surface area contributed by atoms with Crippen molar-refractivity contribution in [1.82, 2.24) is 9.80 Å². The zero-order chi connectivity index (χ0) is 21.6. The van der Waals surface area contributed by atoms with E-state index in [1.807, 2.05) is 12.2 Å². The lowest BCUT2D eigenvalue weighted by Crippen LogP contribution is -2.62. The predicted molar refractivity (Wildman–Crippen MR) is 110 cm³/mol. The number of nitrogens with zero attached hydrogens (tertiary/aromatic N) is 2. The van der Waals surface area contributed by atoms with E-state index in [-0.39, 0.29) is 46.9 Å². The maximum atomic E-state index is 12.6. The van der Waals surface area contributed by atoms with Crippen LogP contribution in [-0.4, -0.2) is 60.3 Å². The van der Waals surface area contributed by atoms with Gasteiger partial charge in [-0.25, -0.2) is 8.42 Å². The number of carbonyl (C=O) groups excluding carboxylic acids is 3. The summed E-state index contributed by atoms with van der Waals surface area (Å²) in [6.45, 7) is 3.99. The highest BCUT2D eigenvalue weighted by Crippen LogP contribution is 2.37. The summed E-state index contributed by atoms with van der Waals surface area (Å²) < 4.78 is 24.4. The first-order valence-electron chi connectivity index (χ1n) is 10.3. The van der Waals surface area contributed by atoms with Gasteiger partial charge in [0.2, 0.25) is 17.7 Å². The van der Waals surface area contributed by atoms with Gasteiger partial charge < -0.3 is 4.90 Å². The fourth-order valence-corrected chi connectivity index (χ4v) is 5.42. The van der Waals surface area contributed by atoms with Crippen molar-refractivity contribution in [1.29, 1.82) is 0 Å². The second-order valence-electron chi connectivity index (χ2n) is 8.57. The Kier molecular flexibility index (Phi) is 5.30. The van der Waals surface area contributed by atoms with E-state index in [4.69, 9.17) is 0 Å². The van der Waals surface area contributed by atoms with E-state index in [9.17, 15) is 22.8 Å². The van der Waals surface area contributed by atoms with Gasteiger partial charge in [-0.1, -0.05) is 24.3 Å². The van der Waals surface area contributed by atoms with Gasteiger partial charge >= 0.3 is 0 Å². The summed E-state index contributed by atoms with van der Waals surface area (Å²) in [5.41, 5.74) is 0.733. The summed E-state index contributed by atoms with van der Waals surface area (Å²) >= 11 is 0. The summed E-state index contributed by atoms with van der Waals surface area (Å²) in [6.07, 6.45) is 5.31. The number of allylic oxidation sites excluding steroid dienone is 2. The fraction of sp³-hybridized carbons (Fsp3) is 0.500. The summed E-state index contributed by atoms with van der Waals surface area (Å²) in [5, 5.41) is -0.501. The van der Waals surface area contributed by atoms with Crippen molar-refractivity contribution in [2.75, 3.05) is 13.1 Å². The number of likely N-dealkylation sites (tertiary alicyclic amines) is 2. The highest BCUT2D eigenvalue weighted by Gasteiger charge is 2.52. The second kappa shape index (κ2) is 7.65. The second-order valence-corrected chi connectivity index (χ2v) is 11.1. The van der Waals surface area contributed by atoms with Crippen LogP contribution in [0.3, 0.4) is 0 Å². The van der Waals surface area contributed by atoms with Gasteiger partial charge in [-0.3, -0.25) is 19.3 Å². The number of benzene rings is 1. The van der Waals surface area contributed by atoms with Gasteiger partial charge in [0.1, 0.15) is 0 Å². The molecular formula is C22H26N2O5S. The van der Waals surface area contributed by atoms with Crippen molar-refractivity contribution in [3.63, 3.8) is 0 Å². The van der Waals surface area contributed by atoms with Crippen LogP contribution in [0.4, 0.5) is 0 Å². The average molecular weight is 431 g/mol. The summed E-state index contributed by atoms with van der Waals surface area (Å²) in [7, 11) is -3.34. The lowest BCUT2D eigenvalue weighted by atomic mass is 9.85. The normalized spacial score (nSPS) is 24.4. The molecule has 2 aliphatic heterocycles. The number of sulfone groups is 1. The van der Waals surface area contributed by atoms with Crippen LogP contribution in [0.15, 0.2) is 41.3 Å². The monoisotopic (exact) mass is 430 g/mol. The van der Waals surface area contributed by atoms with E-state index in [1.165, 1.54) is 17.0 Å². The zero-order valence-electron chi connectivity index (χ0n) is 17.2. The molecule has 7 nitrogen and oxygen atoms in total. The minimum atomic E-state index is -3.34. The molecule has 2 fully saturated rings. The minimum Gasteiger partial charge on any atom is -0.338 e. The third-order valence-corrected chi connectivity index (χ3v) is 8.52. The van der Waals surface area contributed by atoms with E-state index >= 15 is 0 Å². The first-order valence-corrected chi connectivity index (χ1v) is 11.9. The molecule has 1 aliphatic carbocycles. The number of carbonyl (C=O) groups is 3. The van der Waals surface area contributed by atoms with Crippen LogP contribution >= 0.6 is 0 Å². The first-order chi connectivity index (χ1) is 14.2. The number of amides is 3. The Balaban J connectivity index is 1.34. The van der Waals surface area contributed by atoms with Crippen molar-refractivity contribution in [2.24, 2.45) is 11.8 Å². The molecule has 1 aromatic rings. The number of fused-ring (bicyclic) bond motifs is 1. The molecule has 0 radical (unpaired) electrons. The molecular weight excluding hydrogens is 404 g/mol. The van der Waals surface area contributed by atoms with E-state index in [1.54, 1.807) is 30.9 Å². The maximum Gasteiger partial charge on any atom is 0.233 e. The SMILES string of the molecule is CC(C)S(=O)(=O)c1ccc(CC(=O)N2CC(N3C(=O)C4CC=CCC4C3=O)C2)cc1. The lowest BCUT2D eigenvalue weighted by Gasteiger charge is -2.43. The molecule has 0 bridgehead atoms. The molecule has 2 unspecified atom stereocenters. The number of imide groups is 1. The third kappa shape index (κ3) is 3.47. The predicted octanol–water partition coefficient (Wildman–Crippen LogP) is 1.57. The molecule has 0 saturated carbocycles. The summed E-state index contributed by atoms with van der Waals surface area (Å²) in [6, 6.07) is 6.16. The van der Waals surface area contributed by atoms with Gasteiger partial charge in [-0.05, 0) is 44.4 Å². The van der Waals surface area contributed by atoms with Crippen LogP contribution in [0.2, 0.25) is 0 Å². The van der Waals surface area contributed by atoms with Crippen molar-refractivity contribution in [3.8, 4) is 0 Å². The van der Waals surface area contributed by atoms with Gasteiger partial charge in [0.25, 0.3) is 0 Å². The van der Waals surface area contributed by atoms with Gasteiger partial charge in [0.15, 0.2) is 9.84 Å². The minimum absolute atomic E-state index is 0.0936. The first kappa shape index (κ1) is 20.8. The van der Waals surface area contributed by atoms with E-state index < -0.39 is 15.1 Å². The number of hydrogen-bond acceptors (Lipinski definition) is 5. The molecule has 8 heteroatoms. The highest BCUT2D eigenvalue weighted by molar-refractivity contribution is 7.92. The van der Waals surface area contributed by atoms with Crippen molar-refractivity contribution >= 4 is 27.6 Å². The highest BCUT2D eigenvalue weighted by atomic mass is 32.2. The Hall–Kier alpha value is -2.48. The molecule has 4 rings (SSSR count). The van der Waals surface area contributed by atoms with E-state index in [0.717, 1.165) is 5.56 Å². The zero-order valence-corrected chi connectivity index (χ0v) is 18.0. The van der Waals surface area contributed by atoms with E-state index in [0.29, 0.717) is 25.9 Å². The van der Waals surface area contributed by atoms with Crippen molar-refractivity contribution in [3.05, 3.63) is 42.0 Å². The molecule has 160 valence electrons. The largest absolute Gasteiger partial charge is 0.338 e. The van der Waals surface area contributed by atoms with Crippen molar-refractivity contribution in [2.45, 2.75) is 49.3 Å². The van der Waals surface area contributed by atoms with Crippen molar-refractivity contribution < 1.29 is 22.8 Å². The molecule has 30 heavy (non-hydrogen) atoms. The Bertz CT molecular complexity index is 980. The lowest BCUT2D eigenvalue weighted by molar-refractivity contribution is -0.152. The molecule has 2 atom stereocenters. The molecule has 1 aromatic carbocycles. The molecule has 2 heterocycles. The number of rotatable bonds is 5. The Morgan fingerprint density at radius 1 is 1.00 bits per heavy atom. The van der Waals surface area contributed by atoms with Gasteiger partial charge in [-0.15, -0.1) is 0 Å². The Labute approximate surface area is 176 Å². The third-order valence-electron chi connectivity index (χ3n) is 6.35. The summed E-state index contributed by atoms with van der Waals surface area (Å²) in [4.78, 5) is 41.1. The van der Waals surface area contributed by atoms with Gasteiger partial charge in [0, 0.05) is 13.1 Å². The fourth-order valence-electron chi connectivity index (χ4n) is 4.36. The average Bonchev–Trinajstić information content (AvgIpc) is 2.93. The van der Waals surface area contributed by atoms with E-state index in [2.05, 4.69) is 0 Å². The molecule has 0 N–H and O–H groups in total. The number of hydrogen-bond donors (Lipinski definition) is 0. The maximum absolute atomic E-state index is 12.6. The van der Waals surface area contributed by atoms with Crippen LogP contribution in [0.1, 0.15) is 32.3 Å². The molecule has 0 spiro atoms. The van der Waals surface area contributed by atoms with Crippen LogP contribution in [0.5, 0.6) is 0 Å². The van der Waals surface area contributed by atoms with Crippen LogP contribution in [0, 0.1) is 11.8 Å². The van der Waals surface area contributed by atoms with Gasteiger partial charge in [-0.2, -0.15) is 0 Å². The van der Waals surface area contributed by atoms with Crippen LogP contribution in [-0.2, 0) is 30.6 Å². The smallest absolute Gasteiger partial charge is 0.233 e. The van der Waals surface area contributed by atoms with Gasteiger partial charge in [0.05, 0.1) is 34.4 Å². The van der Waals surface area contributed by atoms with Crippen LogP contribution < -0.4 is 0 Å². The summed E-state index contributed by atoms with van der Waals surface area (Å²) in [5.74, 6) is -0.786. The Morgan fingerprint density at radius 2 is 1.53 bits per heavy atom. The molecule has 3 amide bonds. The van der Waals surface area contributed by atoms with Crippen LogP contribution in [0.25, 0.3) is 0 Å². The molecule has 0 aromatic heterocycles. The topological polar surface area (TPSA) is 91.8 Å². The Morgan fingerprint density at radius 3 is 2.03 bits per heavy atom. The molecule has 2 saturated heterocycles. The quantitative estimate of drug-likeness (QED) is 0.522.